The van der Waals surface area contributed by atoms with Gasteiger partial charge in [-0.3, -0.25) is 0 Å². The van der Waals surface area contributed by atoms with E-state index in [1.165, 1.54) is 13.8 Å². The number of nitrogen functional groups attached to an aromatic ring is 4. The van der Waals surface area contributed by atoms with Gasteiger partial charge in [0, 0.05) is 10.8 Å². The van der Waals surface area contributed by atoms with Crippen molar-refractivity contribution in [2.45, 2.75) is 26.2 Å². The maximum atomic E-state index is 14.4. The first-order valence-corrected chi connectivity index (χ1v) is 12.3. The minimum absolute atomic E-state index is 0.0390. The monoisotopic (exact) mass is 680 g/mol. The Morgan fingerprint density at radius 1 is 0.478 bits per heavy atom. The second-order valence-corrected chi connectivity index (χ2v) is 9.01. The van der Waals surface area contributed by atoms with Crippen LogP contribution in [0.3, 0.4) is 0 Å². The van der Waals surface area contributed by atoms with Gasteiger partial charge >= 0.3 is 12.4 Å². The smallest absolute Gasteiger partial charge is 0.420 e. The van der Waals surface area contributed by atoms with Crippen molar-refractivity contribution < 1.29 is 72.4 Å². The standard InChI is InChI=1S/C14H14F4N2O2.C12H6F8N2O2/c1-3-21-13-9(17)5-6(7(15)11(13)19)10(18)14(22-4-2)12(20)8(5)16;13-5-1-2(4(12(18,19)20)10(24)7(5)21)6(14)8(22)9(23)3(1)11(15,16)17/h3-4,19-20H2,1-2H3;23-24H,21-22H2. The summed E-state index contributed by atoms with van der Waals surface area (Å²) in [5, 5.41) is 12.8. The average molecular weight is 680 g/mol. The molecule has 46 heavy (non-hydrogen) atoms. The average Bonchev–Trinajstić information content (AvgIpc) is 2.95. The highest BCUT2D eigenvalue weighted by Crippen LogP contribution is 2.53. The number of anilines is 4. The fourth-order valence-electron chi connectivity index (χ4n) is 4.36. The summed E-state index contributed by atoms with van der Waals surface area (Å²) in [6, 6.07) is 0. The van der Waals surface area contributed by atoms with Gasteiger partial charge in [0.2, 0.25) is 0 Å². The molecule has 4 aromatic carbocycles. The summed E-state index contributed by atoms with van der Waals surface area (Å²) in [7, 11) is 0. The van der Waals surface area contributed by atoms with Crippen LogP contribution in [0.5, 0.6) is 23.0 Å². The number of rotatable bonds is 4. The highest BCUT2D eigenvalue weighted by atomic mass is 19.4. The van der Waals surface area contributed by atoms with Gasteiger partial charge in [0.05, 0.1) is 24.0 Å². The normalized spacial score (nSPS) is 12.0. The van der Waals surface area contributed by atoms with Crippen molar-refractivity contribution in [3.8, 4) is 23.0 Å². The van der Waals surface area contributed by atoms with Crippen molar-refractivity contribution in [1.82, 2.24) is 0 Å². The first-order valence-electron chi connectivity index (χ1n) is 12.3. The molecule has 0 spiro atoms. The fourth-order valence-corrected chi connectivity index (χ4v) is 4.36. The van der Waals surface area contributed by atoms with Crippen molar-refractivity contribution in [3.63, 3.8) is 0 Å². The zero-order chi connectivity index (χ0) is 35.4. The van der Waals surface area contributed by atoms with Crippen molar-refractivity contribution in [2.75, 3.05) is 36.1 Å². The Labute approximate surface area is 248 Å². The molecule has 0 aliphatic heterocycles. The Hall–Kier alpha value is -5.04. The first-order chi connectivity index (χ1) is 21.1. The lowest BCUT2D eigenvalue weighted by Gasteiger charge is -2.21. The number of benzene rings is 4. The SMILES string of the molecule is CCOc1c(N)c(F)c2c(F)c(OCC)c(N)c(F)c2c1F.Nc1c(O)c(C(F)(F)F)c2c(F)c(N)c(O)c(C(F)(F)F)c2c1F. The minimum atomic E-state index is -5.60. The number of phenols is 2. The van der Waals surface area contributed by atoms with Crippen LogP contribution in [0, 0.1) is 34.9 Å². The quantitative estimate of drug-likeness (QED) is 0.0756. The Morgan fingerprint density at radius 3 is 0.978 bits per heavy atom. The second-order valence-electron chi connectivity index (χ2n) is 9.01. The number of alkyl halides is 6. The Balaban J connectivity index is 0.000000251. The number of fused-ring (bicyclic) bond motifs is 2. The van der Waals surface area contributed by atoms with E-state index < -0.39 is 126 Å². The van der Waals surface area contributed by atoms with Gasteiger partial charge in [0.15, 0.2) is 57.9 Å². The fraction of sp³-hybridized carbons (Fsp3) is 0.231. The molecule has 0 bridgehead atoms. The van der Waals surface area contributed by atoms with Crippen LogP contribution >= 0.6 is 0 Å². The molecule has 0 aliphatic rings. The molecule has 4 rings (SSSR count). The third kappa shape index (κ3) is 5.51. The summed E-state index contributed by atoms with van der Waals surface area (Å²) < 4.78 is 173. The van der Waals surface area contributed by atoms with E-state index in [4.69, 9.17) is 32.4 Å². The summed E-state index contributed by atoms with van der Waals surface area (Å²) in [6.07, 6.45) is -11.2. The molecule has 8 nitrogen and oxygen atoms in total. The lowest BCUT2D eigenvalue weighted by molar-refractivity contribution is -0.139. The Bertz CT molecular complexity index is 1740. The van der Waals surface area contributed by atoms with Gasteiger partial charge in [-0.1, -0.05) is 0 Å². The minimum Gasteiger partial charge on any atom is -0.505 e. The molecule has 0 saturated heterocycles. The number of halogens is 12. The third-order valence-corrected chi connectivity index (χ3v) is 6.28. The van der Waals surface area contributed by atoms with Gasteiger partial charge in [-0.05, 0) is 13.8 Å². The maximum Gasteiger partial charge on any atom is 0.420 e. The molecular formula is C26H20F12N4O4. The molecule has 0 heterocycles. The van der Waals surface area contributed by atoms with Gasteiger partial charge < -0.3 is 42.6 Å². The molecule has 0 atom stereocenters. The predicted molar refractivity (Wildman–Crippen MR) is 141 cm³/mol. The van der Waals surface area contributed by atoms with Crippen LogP contribution in [0.1, 0.15) is 25.0 Å². The number of ether oxygens (including phenoxy) is 2. The third-order valence-electron chi connectivity index (χ3n) is 6.28. The molecule has 0 aromatic heterocycles. The molecular weight excluding hydrogens is 660 g/mol. The van der Waals surface area contributed by atoms with Crippen LogP contribution < -0.4 is 32.4 Å². The van der Waals surface area contributed by atoms with Crippen LogP contribution in [0.25, 0.3) is 21.5 Å². The zero-order valence-electron chi connectivity index (χ0n) is 23.0. The highest BCUT2D eigenvalue weighted by molar-refractivity contribution is 6.00. The van der Waals surface area contributed by atoms with Crippen LogP contribution in [0.15, 0.2) is 0 Å². The topological polar surface area (TPSA) is 163 Å². The van der Waals surface area contributed by atoms with Crippen LogP contribution in [-0.4, -0.2) is 23.4 Å². The molecule has 0 aliphatic carbocycles. The second kappa shape index (κ2) is 12.0. The van der Waals surface area contributed by atoms with Gasteiger partial charge in [-0.25, -0.2) is 26.3 Å². The van der Waals surface area contributed by atoms with Gasteiger partial charge in [0.1, 0.15) is 33.9 Å². The van der Waals surface area contributed by atoms with Crippen molar-refractivity contribution in [2.24, 2.45) is 0 Å². The largest absolute Gasteiger partial charge is 0.505 e. The lowest BCUT2D eigenvalue weighted by atomic mass is 9.94. The highest BCUT2D eigenvalue weighted by Gasteiger charge is 2.45. The summed E-state index contributed by atoms with van der Waals surface area (Å²) >= 11 is 0. The Morgan fingerprint density at radius 2 is 0.739 bits per heavy atom. The summed E-state index contributed by atoms with van der Waals surface area (Å²) in [5.74, 6) is -15.0. The number of nitrogens with two attached hydrogens (primary N) is 4. The van der Waals surface area contributed by atoms with Gasteiger partial charge in [-0.2, -0.15) is 26.3 Å². The van der Waals surface area contributed by atoms with E-state index in [-0.39, 0.29) is 13.2 Å². The molecule has 0 unspecified atom stereocenters. The molecule has 0 fully saturated rings. The summed E-state index contributed by atoms with van der Waals surface area (Å²) in [4.78, 5) is 0. The predicted octanol–water partition coefficient (Wildman–Crippen LogP) is 7.09. The molecule has 0 amide bonds. The molecule has 20 heteroatoms. The van der Waals surface area contributed by atoms with E-state index in [2.05, 4.69) is 0 Å². The van der Waals surface area contributed by atoms with Gasteiger partial charge in [-0.15, -0.1) is 0 Å². The molecule has 4 aromatic rings. The van der Waals surface area contributed by atoms with E-state index >= 15 is 0 Å². The summed E-state index contributed by atoms with van der Waals surface area (Å²) in [5.41, 5.74) is 11.0. The van der Waals surface area contributed by atoms with E-state index in [0.717, 1.165) is 0 Å². The van der Waals surface area contributed by atoms with Gasteiger partial charge in [0.25, 0.3) is 0 Å². The number of phenolic OH excluding ortho intramolecular Hbond substituents is 2. The first kappa shape index (κ1) is 35.4. The zero-order valence-corrected chi connectivity index (χ0v) is 23.0. The van der Waals surface area contributed by atoms with E-state index in [9.17, 15) is 62.9 Å². The molecule has 10 N–H and O–H groups in total. The Kier molecular flexibility index (Phi) is 9.28. The van der Waals surface area contributed by atoms with Crippen molar-refractivity contribution in [3.05, 3.63) is 46.0 Å². The van der Waals surface area contributed by atoms with Crippen LogP contribution in [0.4, 0.5) is 75.4 Å². The molecule has 252 valence electrons. The van der Waals surface area contributed by atoms with E-state index in [0.29, 0.717) is 0 Å². The van der Waals surface area contributed by atoms with E-state index in [1.807, 2.05) is 0 Å². The van der Waals surface area contributed by atoms with E-state index in [1.54, 1.807) is 0 Å². The lowest BCUT2D eigenvalue weighted by Crippen LogP contribution is -2.15. The van der Waals surface area contributed by atoms with Crippen molar-refractivity contribution in [1.29, 1.82) is 0 Å². The summed E-state index contributed by atoms with van der Waals surface area (Å²) in [6.45, 7) is 2.93. The number of hydrogen-bond donors (Lipinski definition) is 6. The van der Waals surface area contributed by atoms with Crippen molar-refractivity contribution >= 4 is 44.3 Å². The maximum absolute atomic E-state index is 14.4. The molecule has 0 radical (unpaired) electrons. The number of hydrogen-bond acceptors (Lipinski definition) is 8. The molecule has 0 saturated carbocycles. The van der Waals surface area contributed by atoms with Crippen LogP contribution in [0.2, 0.25) is 0 Å². The van der Waals surface area contributed by atoms with Crippen LogP contribution in [-0.2, 0) is 12.4 Å². The number of aromatic hydroxyl groups is 2.